The third-order valence-corrected chi connectivity index (χ3v) is 2.87. The minimum atomic E-state index is -0.526. The molecule has 1 rings (SSSR count). The van der Waals surface area contributed by atoms with Gasteiger partial charge in [-0.2, -0.15) is 0 Å². The summed E-state index contributed by atoms with van der Waals surface area (Å²) in [6.45, 7) is 1.19. The molecule has 0 fully saturated rings. The van der Waals surface area contributed by atoms with Crippen LogP contribution in [-0.4, -0.2) is 26.2 Å². The van der Waals surface area contributed by atoms with E-state index in [1.807, 2.05) is 0 Å². The quantitative estimate of drug-likeness (QED) is 0.821. The summed E-state index contributed by atoms with van der Waals surface area (Å²) in [6.07, 6.45) is 1.69. The standard InChI is InChI=1S/C12H15BrFNO2/c1-17-8-3-2-7-15-12(16)9-5-4-6-10(13)11(9)14/h4-6H,2-3,7-8H2,1H3,(H,15,16). The Morgan fingerprint density at radius 2 is 2.24 bits per heavy atom. The summed E-state index contributed by atoms with van der Waals surface area (Å²) >= 11 is 3.05. The van der Waals surface area contributed by atoms with E-state index < -0.39 is 5.82 Å². The molecule has 1 aromatic carbocycles. The highest BCUT2D eigenvalue weighted by atomic mass is 79.9. The van der Waals surface area contributed by atoms with Gasteiger partial charge in [0.05, 0.1) is 10.0 Å². The van der Waals surface area contributed by atoms with E-state index in [0.717, 1.165) is 12.8 Å². The molecule has 0 aliphatic rings. The SMILES string of the molecule is COCCCCNC(=O)c1cccc(Br)c1F. The van der Waals surface area contributed by atoms with Crippen LogP contribution in [0, 0.1) is 5.82 Å². The van der Waals surface area contributed by atoms with E-state index in [4.69, 9.17) is 4.74 Å². The zero-order chi connectivity index (χ0) is 12.7. The number of carbonyl (C=O) groups excluding carboxylic acids is 1. The molecule has 0 aliphatic carbocycles. The van der Waals surface area contributed by atoms with Crippen molar-refractivity contribution in [2.75, 3.05) is 20.3 Å². The van der Waals surface area contributed by atoms with E-state index in [0.29, 0.717) is 17.6 Å². The zero-order valence-electron chi connectivity index (χ0n) is 9.63. The number of rotatable bonds is 6. The first-order valence-corrected chi connectivity index (χ1v) is 6.17. The van der Waals surface area contributed by atoms with Crippen LogP contribution in [0.25, 0.3) is 0 Å². The van der Waals surface area contributed by atoms with Crippen LogP contribution in [0.15, 0.2) is 22.7 Å². The van der Waals surface area contributed by atoms with Crippen LogP contribution in [0.5, 0.6) is 0 Å². The first kappa shape index (κ1) is 14.1. The molecule has 0 unspecified atom stereocenters. The molecule has 17 heavy (non-hydrogen) atoms. The van der Waals surface area contributed by atoms with E-state index >= 15 is 0 Å². The molecule has 0 spiro atoms. The topological polar surface area (TPSA) is 38.3 Å². The van der Waals surface area contributed by atoms with Gasteiger partial charge < -0.3 is 10.1 Å². The Kier molecular flexibility index (Phi) is 6.15. The van der Waals surface area contributed by atoms with Crippen LogP contribution >= 0.6 is 15.9 Å². The molecule has 1 aromatic rings. The summed E-state index contributed by atoms with van der Waals surface area (Å²) in [5, 5.41) is 2.67. The molecule has 0 aromatic heterocycles. The lowest BCUT2D eigenvalue weighted by atomic mass is 10.2. The van der Waals surface area contributed by atoms with Crippen LogP contribution < -0.4 is 5.32 Å². The largest absolute Gasteiger partial charge is 0.385 e. The zero-order valence-corrected chi connectivity index (χ0v) is 11.2. The summed E-state index contributed by atoms with van der Waals surface area (Å²) in [5.74, 6) is -0.914. The van der Waals surface area contributed by atoms with Crippen LogP contribution in [0.4, 0.5) is 4.39 Å². The van der Waals surface area contributed by atoms with Crippen molar-refractivity contribution in [3.05, 3.63) is 34.1 Å². The molecule has 0 saturated carbocycles. The number of benzene rings is 1. The van der Waals surface area contributed by atoms with Gasteiger partial charge in [0, 0.05) is 20.3 Å². The van der Waals surface area contributed by atoms with Gasteiger partial charge in [-0.25, -0.2) is 4.39 Å². The summed E-state index contributed by atoms with van der Waals surface area (Å²) < 4.78 is 18.7. The smallest absolute Gasteiger partial charge is 0.254 e. The molecule has 94 valence electrons. The van der Waals surface area contributed by atoms with Crippen molar-refractivity contribution in [2.24, 2.45) is 0 Å². The fraction of sp³-hybridized carbons (Fsp3) is 0.417. The third-order valence-electron chi connectivity index (χ3n) is 2.26. The van der Waals surface area contributed by atoms with Gasteiger partial charge in [-0.15, -0.1) is 0 Å². The van der Waals surface area contributed by atoms with E-state index in [-0.39, 0.29) is 11.5 Å². The van der Waals surface area contributed by atoms with Gasteiger partial charge in [-0.1, -0.05) is 6.07 Å². The molecule has 5 heteroatoms. The highest BCUT2D eigenvalue weighted by Gasteiger charge is 2.12. The van der Waals surface area contributed by atoms with Crippen LogP contribution in [0.2, 0.25) is 0 Å². The number of nitrogens with one attached hydrogen (secondary N) is 1. The van der Waals surface area contributed by atoms with Crippen LogP contribution in [0.3, 0.4) is 0 Å². The number of amides is 1. The van der Waals surface area contributed by atoms with E-state index in [2.05, 4.69) is 21.2 Å². The second-order valence-corrected chi connectivity index (χ2v) is 4.41. The maximum absolute atomic E-state index is 13.6. The molecule has 0 bridgehead atoms. The number of unbranched alkanes of at least 4 members (excludes halogenated alkanes) is 1. The molecule has 0 atom stereocenters. The van der Waals surface area contributed by atoms with Crippen molar-refractivity contribution in [3.8, 4) is 0 Å². The molecule has 0 saturated heterocycles. The normalized spacial score (nSPS) is 10.3. The predicted molar refractivity (Wildman–Crippen MR) is 67.5 cm³/mol. The summed E-state index contributed by atoms with van der Waals surface area (Å²) in [6, 6.07) is 4.66. The molecular weight excluding hydrogens is 289 g/mol. The Hall–Kier alpha value is -0.940. The van der Waals surface area contributed by atoms with Gasteiger partial charge in [0.2, 0.25) is 0 Å². The monoisotopic (exact) mass is 303 g/mol. The van der Waals surface area contributed by atoms with Gasteiger partial charge in [0.1, 0.15) is 5.82 Å². The predicted octanol–water partition coefficient (Wildman–Crippen LogP) is 2.74. The molecule has 3 nitrogen and oxygen atoms in total. The van der Waals surface area contributed by atoms with Gasteiger partial charge in [-0.05, 0) is 40.9 Å². The summed E-state index contributed by atoms with van der Waals surface area (Å²) in [5.41, 5.74) is 0.0612. The van der Waals surface area contributed by atoms with E-state index in [9.17, 15) is 9.18 Å². The molecule has 0 heterocycles. The number of methoxy groups -OCH3 is 1. The van der Waals surface area contributed by atoms with Crippen LogP contribution in [0.1, 0.15) is 23.2 Å². The Bertz CT molecular complexity index is 385. The second-order valence-electron chi connectivity index (χ2n) is 3.56. The third kappa shape index (κ3) is 4.44. The number of ether oxygens (including phenoxy) is 1. The van der Waals surface area contributed by atoms with Gasteiger partial charge in [-0.3, -0.25) is 4.79 Å². The van der Waals surface area contributed by atoms with Crippen molar-refractivity contribution in [2.45, 2.75) is 12.8 Å². The molecule has 1 amide bonds. The van der Waals surface area contributed by atoms with Crippen molar-refractivity contribution < 1.29 is 13.9 Å². The summed E-state index contributed by atoms with van der Waals surface area (Å²) in [7, 11) is 1.63. The molecular formula is C12H15BrFNO2. The highest BCUT2D eigenvalue weighted by molar-refractivity contribution is 9.10. The minimum absolute atomic E-state index is 0.0612. The number of halogens is 2. The lowest BCUT2D eigenvalue weighted by Gasteiger charge is -2.06. The van der Waals surface area contributed by atoms with Crippen molar-refractivity contribution in [3.63, 3.8) is 0 Å². The minimum Gasteiger partial charge on any atom is -0.385 e. The maximum Gasteiger partial charge on any atom is 0.254 e. The fourth-order valence-electron chi connectivity index (χ4n) is 1.35. The van der Waals surface area contributed by atoms with Crippen molar-refractivity contribution >= 4 is 21.8 Å². The summed E-state index contributed by atoms with van der Waals surface area (Å²) in [4.78, 5) is 11.6. The number of hydrogen-bond donors (Lipinski definition) is 1. The Morgan fingerprint density at radius 1 is 1.47 bits per heavy atom. The number of carbonyl (C=O) groups is 1. The van der Waals surface area contributed by atoms with Crippen molar-refractivity contribution in [1.29, 1.82) is 0 Å². The lowest BCUT2D eigenvalue weighted by Crippen LogP contribution is -2.25. The first-order valence-electron chi connectivity index (χ1n) is 5.38. The second kappa shape index (κ2) is 7.40. The first-order chi connectivity index (χ1) is 8.16. The molecule has 0 radical (unpaired) electrons. The van der Waals surface area contributed by atoms with Gasteiger partial charge in [0.15, 0.2) is 0 Å². The number of hydrogen-bond acceptors (Lipinski definition) is 2. The Balaban J connectivity index is 2.44. The maximum atomic E-state index is 13.6. The Morgan fingerprint density at radius 3 is 2.94 bits per heavy atom. The van der Waals surface area contributed by atoms with Gasteiger partial charge in [0.25, 0.3) is 5.91 Å². The van der Waals surface area contributed by atoms with Crippen molar-refractivity contribution in [1.82, 2.24) is 5.32 Å². The molecule has 1 N–H and O–H groups in total. The molecule has 0 aliphatic heterocycles. The Labute approximate surface area is 108 Å². The van der Waals surface area contributed by atoms with E-state index in [1.54, 1.807) is 19.2 Å². The average molecular weight is 304 g/mol. The van der Waals surface area contributed by atoms with Crippen LogP contribution in [-0.2, 0) is 4.74 Å². The highest BCUT2D eigenvalue weighted by Crippen LogP contribution is 2.18. The average Bonchev–Trinajstić information content (AvgIpc) is 2.32. The van der Waals surface area contributed by atoms with Gasteiger partial charge >= 0.3 is 0 Å². The lowest BCUT2D eigenvalue weighted by molar-refractivity contribution is 0.0947. The fourth-order valence-corrected chi connectivity index (χ4v) is 1.71. The van der Waals surface area contributed by atoms with E-state index in [1.165, 1.54) is 6.07 Å².